The molecule has 0 saturated heterocycles. The van der Waals surface area contributed by atoms with Crippen LogP contribution in [0.5, 0.6) is 0 Å². The van der Waals surface area contributed by atoms with Gasteiger partial charge in [-0.2, -0.15) is 0 Å². The van der Waals surface area contributed by atoms with Crippen LogP contribution in [0.3, 0.4) is 0 Å². The van der Waals surface area contributed by atoms with Crippen molar-refractivity contribution in [2.45, 2.75) is 19.0 Å². The fraction of sp³-hybridized carbons (Fsp3) is 0.200. The quantitative estimate of drug-likeness (QED) is 0.869. The van der Waals surface area contributed by atoms with Gasteiger partial charge in [-0.3, -0.25) is 0 Å². The lowest BCUT2D eigenvalue weighted by Crippen LogP contribution is -2.21. The summed E-state index contributed by atoms with van der Waals surface area (Å²) in [6.07, 6.45) is -1.76. The first kappa shape index (κ1) is 12.7. The van der Waals surface area contributed by atoms with Crippen molar-refractivity contribution in [3.05, 3.63) is 60.2 Å². The molecule has 0 fully saturated rings. The molecule has 2 aromatic carbocycles. The highest BCUT2D eigenvalue weighted by molar-refractivity contribution is 5.63. The Morgan fingerprint density at radius 2 is 1.39 bits per heavy atom. The lowest BCUT2D eigenvalue weighted by atomic mass is 10.00. The van der Waals surface area contributed by atoms with Crippen LogP contribution in [0, 0.1) is 0 Å². The van der Waals surface area contributed by atoms with Crippen molar-refractivity contribution in [2.75, 3.05) is 0 Å². The maximum absolute atomic E-state index is 13.0. The summed E-state index contributed by atoms with van der Waals surface area (Å²) in [4.78, 5) is 0. The molecule has 3 heteroatoms. The predicted molar refractivity (Wildman–Crippen MR) is 67.5 cm³/mol. The second-order valence-corrected chi connectivity index (χ2v) is 4.35. The van der Waals surface area contributed by atoms with Crippen LogP contribution >= 0.6 is 0 Å². The summed E-state index contributed by atoms with van der Waals surface area (Å²) < 4.78 is 26.0. The predicted octanol–water partition coefficient (Wildman–Crippen LogP) is 4.04. The van der Waals surface area contributed by atoms with Crippen LogP contribution in [0.25, 0.3) is 11.1 Å². The fourth-order valence-electron chi connectivity index (χ4n) is 1.78. The Morgan fingerprint density at radius 3 is 1.89 bits per heavy atom. The van der Waals surface area contributed by atoms with E-state index in [9.17, 15) is 13.9 Å². The van der Waals surface area contributed by atoms with Gasteiger partial charge in [0, 0.05) is 6.92 Å². The molecule has 1 unspecified atom stereocenters. The van der Waals surface area contributed by atoms with Gasteiger partial charge in [0.05, 0.1) is 0 Å². The third-order valence-corrected chi connectivity index (χ3v) is 2.81. The zero-order chi connectivity index (χ0) is 13.2. The molecule has 2 rings (SSSR count). The number of alkyl halides is 2. The van der Waals surface area contributed by atoms with Gasteiger partial charge in [-0.15, -0.1) is 0 Å². The van der Waals surface area contributed by atoms with Crippen molar-refractivity contribution < 1.29 is 13.9 Å². The monoisotopic (exact) mass is 248 g/mol. The van der Waals surface area contributed by atoms with Crippen molar-refractivity contribution >= 4 is 0 Å². The van der Waals surface area contributed by atoms with E-state index in [1.54, 1.807) is 12.1 Å². The molecule has 0 heterocycles. The molecule has 2 aromatic rings. The van der Waals surface area contributed by atoms with Crippen LogP contribution in [0.2, 0.25) is 0 Å². The van der Waals surface area contributed by atoms with Crippen molar-refractivity contribution in [1.29, 1.82) is 0 Å². The lowest BCUT2D eigenvalue weighted by Gasteiger charge is -2.18. The SMILES string of the molecule is CC(F)(F)C(O)c1ccc(-c2ccccc2)cc1. The minimum atomic E-state index is -3.13. The molecule has 94 valence electrons. The second kappa shape index (κ2) is 4.86. The number of rotatable bonds is 3. The minimum absolute atomic E-state index is 0.224. The lowest BCUT2D eigenvalue weighted by molar-refractivity contribution is -0.0954. The Bertz CT molecular complexity index is 500. The van der Waals surface area contributed by atoms with Crippen molar-refractivity contribution in [1.82, 2.24) is 0 Å². The molecule has 0 saturated carbocycles. The molecule has 0 aromatic heterocycles. The number of aliphatic hydroxyl groups is 1. The minimum Gasteiger partial charge on any atom is -0.382 e. The van der Waals surface area contributed by atoms with Gasteiger partial charge in [-0.25, -0.2) is 8.78 Å². The highest BCUT2D eigenvalue weighted by atomic mass is 19.3. The molecule has 0 bridgehead atoms. The molecular weight excluding hydrogens is 234 g/mol. The molecule has 18 heavy (non-hydrogen) atoms. The van der Waals surface area contributed by atoms with Crippen LogP contribution < -0.4 is 0 Å². The summed E-state index contributed by atoms with van der Waals surface area (Å²) >= 11 is 0. The maximum atomic E-state index is 13.0. The Morgan fingerprint density at radius 1 is 0.889 bits per heavy atom. The van der Waals surface area contributed by atoms with Gasteiger partial charge >= 0.3 is 0 Å². The number of hydrogen-bond acceptors (Lipinski definition) is 1. The fourth-order valence-corrected chi connectivity index (χ4v) is 1.78. The van der Waals surface area contributed by atoms with E-state index < -0.39 is 12.0 Å². The first-order valence-corrected chi connectivity index (χ1v) is 5.70. The Kier molecular flexibility index (Phi) is 3.43. The van der Waals surface area contributed by atoms with E-state index in [0.29, 0.717) is 6.92 Å². The molecule has 1 atom stereocenters. The molecule has 0 aliphatic heterocycles. The molecule has 0 amide bonds. The molecule has 1 N–H and O–H groups in total. The van der Waals surface area contributed by atoms with Crippen LogP contribution in [0.1, 0.15) is 18.6 Å². The third-order valence-electron chi connectivity index (χ3n) is 2.81. The van der Waals surface area contributed by atoms with Crippen molar-refractivity contribution in [3.8, 4) is 11.1 Å². The van der Waals surface area contributed by atoms with Gasteiger partial charge in [-0.1, -0.05) is 54.6 Å². The summed E-state index contributed by atoms with van der Waals surface area (Å²) in [5.41, 5.74) is 2.18. The Balaban J connectivity index is 2.26. The molecule has 0 aliphatic rings. The maximum Gasteiger partial charge on any atom is 0.274 e. The first-order valence-electron chi connectivity index (χ1n) is 5.70. The van der Waals surface area contributed by atoms with E-state index in [4.69, 9.17) is 0 Å². The Labute approximate surface area is 105 Å². The third kappa shape index (κ3) is 2.74. The Hall–Kier alpha value is -1.74. The smallest absolute Gasteiger partial charge is 0.274 e. The van der Waals surface area contributed by atoms with Crippen LogP contribution in [-0.2, 0) is 0 Å². The van der Waals surface area contributed by atoms with Crippen molar-refractivity contribution in [2.24, 2.45) is 0 Å². The zero-order valence-corrected chi connectivity index (χ0v) is 9.98. The van der Waals surface area contributed by atoms with Crippen LogP contribution in [0.4, 0.5) is 8.78 Å². The summed E-state index contributed by atoms with van der Waals surface area (Å²) in [5, 5.41) is 9.47. The molecule has 0 radical (unpaired) electrons. The van der Waals surface area contributed by atoms with Gasteiger partial charge < -0.3 is 5.11 Å². The molecule has 0 spiro atoms. The second-order valence-electron chi connectivity index (χ2n) is 4.35. The standard InChI is InChI=1S/C15H14F2O/c1-15(16,17)14(18)13-9-7-12(8-10-13)11-5-3-2-4-6-11/h2-10,14,18H,1H3. The zero-order valence-electron chi connectivity index (χ0n) is 9.98. The normalized spacial score (nSPS) is 13.3. The summed E-state index contributed by atoms with van der Waals surface area (Å²) in [6, 6.07) is 16.2. The van der Waals surface area contributed by atoms with Gasteiger partial charge in [0.15, 0.2) is 0 Å². The van der Waals surface area contributed by atoms with E-state index in [-0.39, 0.29) is 5.56 Å². The van der Waals surface area contributed by atoms with Crippen LogP contribution in [-0.4, -0.2) is 11.0 Å². The first-order chi connectivity index (χ1) is 8.48. The molecular formula is C15H14F2O. The summed E-state index contributed by atoms with van der Waals surface area (Å²) in [5.74, 6) is -3.13. The average Bonchev–Trinajstić information content (AvgIpc) is 2.38. The topological polar surface area (TPSA) is 20.2 Å². The number of halogens is 2. The highest BCUT2D eigenvalue weighted by Gasteiger charge is 2.33. The van der Waals surface area contributed by atoms with E-state index in [1.165, 1.54) is 12.1 Å². The van der Waals surface area contributed by atoms with E-state index in [0.717, 1.165) is 11.1 Å². The van der Waals surface area contributed by atoms with Crippen LogP contribution in [0.15, 0.2) is 54.6 Å². The number of aliphatic hydroxyl groups excluding tert-OH is 1. The van der Waals surface area contributed by atoms with Gasteiger partial charge in [-0.05, 0) is 16.7 Å². The van der Waals surface area contributed by atoms with E-state index in [1.807, 2.05) is 30.3 Å². The molecule has 1 nitrogen and oxygen atoms in total. The molecule has 0 aliphatic carbocycles. The number of hydrogen-bond donors (Lipinski definition) is 1. The average molecular weight is 248 g/mol. The van der Waals surface area contributed by atoms with Gasteiger partial charge in [0.2, 0.25) is 0 Å². The van der Waals surface area contributed by atoms with Gasteiger partial charge in [0.1, 0.15) is 6.10 Å². The largest absolute Gasteiger partial charge is 0.382 e. The number of benzene rings is 2. The van der Waals surface area contributed by atoms with E-state index in [2.05, 4.69) is 0 Å². The van der Waals surface area contributed by atoms with Crippen molar-refractivity contribution in [3.63, 3.8) is 0 Å². The highest BCUT2D eigenvalue weighted by Crippen LogP contribution is 2.31. The summed E-state index contributed by atoms with van der Waals surface area (Å²) in [7, 11) is 0. The summed E-state index contributed by atoms with van der Waals surface area (Å²) in [6.45, 7) is 0.711. The van der Waals surface area contributed by atoms with Gasteiger partial charge in [0.25, 0.3) is 5.92 Å². The van der Waals surface area contributed by atoms with E-state index >= 15 is 0 Å².